The van der Waals surface area contributed by atoms with Crippen molar-refractivity contribution in [1.29, 1.82) is 0 Å². The van der Waals surface area contributed by atoms with Gasteiger partial charge in [0.25, 0.3) is 0 Å². The molecule has 6 heteroatoms. The lowest BCUT2D eigenvalue weighted by Crippen LogP contribution is -2.54. The molecule has 2 saturated heterocycles. The molecular formula is C22H30N2O4. The number of carbonyl (C=O) groups excluding carboxylic acids is 3. The van der Waals surface area contributed by atoms with Crippen LogP contribution in [0.4, 0.5) is 0 Å². The van der Waals surface area contributed by atoms with E-state index in [2.05, 4.69) is 0 Å². The largest absolute Gasteiger partial charge is 0.497 e. The third kappa shape index (κ3) is 4.37. The molecule has 0 N–H and O–H groups in total. The quantitative estimate of drug-likeness (QED) is 0.730. The van der Waals surface area contributed by atoms with E-state index in [0.29, 0.717) is 44.5 Å². The van der Waals surface area contributed by atoms with Gasteiger partial charge in [0.1, 0.15) is 11.8 Å². The van der Waals surface area contributed by atoms with Crippen LogP contribution in [0.15, 0.2) is 24.3 Å². The molecule has 28 heavy (non-hydrogen) atoms. The summed E-state index contributed by atoms with van der Waals surface area (Å²) in [5, 5.41) is 0. The number of Topliss-reactive ketones (excluding diaryl/α,β-unsaturated/α-hetero) is 1. The molecular weight excluding hydrogens is 356 g/mol. The monoisotopic (exact) mass is 386 g/mol. The predicted octanol–water partition coefficient (Wildman–Crippen LogP) is 2.91. The summed E-state index contributed by atoms with van der Waals surface area (Å²) in [4.78, 5) is 41.6. The first kappa shape index (κ1) is 20.4. The SMILES string of the molecule is CCC(=O)N1CCCCC1C(=O)N1CCC(C(=O)c2ccc(OC)cc2)CC1. The summed E-state index contributed by atoms with van der Waals surface area (Å²) in [6.07, 6.45) is 4.47. The van der Waals surface area contributed by atoms with Crippen LogP contribution in [-0.2, 0) is 9.59 Å². The molecule has 1 aromatic carbocycles. The number of likely N-dealkylation sites (tertiary alicyclic amines) is 2. The fourth-order valence-electron chi connectivity index (χ4n) is 4.25. The number of nitrogens with zero attached hydrogens (tertiary/aromatic N) is 2. The van der Waals surface area contributed by atoms with Crippen LogP contribution >= 0.6 is 0 Å². The Morgan fingerprint density at radius 2 is 1.68 bits per heavy atom. The molecule has 2 aliphatic heterocycles. The van der Waals surface area contributed by atoms with Crippen LogP contribution in [0.5, 0.6) is 5.75 Å². The molecule has 0 radical (unpaired) electrons. The number of ether oxygens (including phenoxy) is 1. The zero-order chi connectivity index (χ0) is 20.1. The van der Waals surface area contributed by atoms with Gasteiger partial charge < -0.3 is 14.5 Å². The Balaban J connectivity index is 1.58. The fraction of sp³-hybridized carbons (Fsp3) is 0.591. The maximum Gasteiger partial charge on any atom is 0.245 e. The van der Waals surface area contributed by atoms with Crippen LogP contribution in [-0.4, -0.2) is 60.2 Å². The second-order valence-electron chi connectivity index (χ2n) is 7.64. The number of ketones is 1. The van der Waals surface area contributed by atoms with Gasteiger partial charge in [0.05, 0.1) is 7.11 Å². The summed E-state index contributed by atoms with van der Waals surface area (Å²) in [7, 11) is 1.60. The summed E-state index contributed by atoms with van der Waals surface area (Å²) in [5.74, 6) is 0.919. The first-order chi connectivity index (χ1) is 13.5. The highest BCUT2D eigenvalue weighted by Gasteiger charge is 2.36. The Morgan fingerprint density at radius 1 is 1.00 bits per heavy atom. The molecule has 0 aromatic heterocycles. The minimum absolute atomic E-state index is 0.0526. The van der Waals surface area contributed by atoms with Crippen molar-refractivity contribution >= 4 is 17.6 Å². The minimum Gasteiger partial charge on any atom is -0.497 e. The smallest absolute Gasteiger partial charge is 0.245 e. The molecule has 2 fully saturated rings. The second-order valence-corrected chi connectivity index (χ2v) is 7.64. The number of benzene rings is 1. The number of piperidine rings is 2. The van der Waals surface area contributed by atoms with Crippen LogP contribution < -0.4 is 4.74 Å². The molecule has 0 saturated carbocycles. The van der Waals surface area contributed by atoms with Gasteiger partial charge in [-0.15, -0.1) is 0 Å². The van der Waals surface area contributed by atoms with Gasteiger partial charge in [0.2, 0.25) is 11.8 Å². The Bertz CT molecular complexity index is 708. The molecule has 0 bridgehead atoms. The summed E-state index contributed by atoms with van der Waals surface area (Å²) >= 11 is 0. The van der Waals surface area contributed by atoms with E-state index in [-0.39, 0.29) is 29.6 Å². The summed E-state index contributed by atoms with van der Waals surface area (Å²) in [6, 6.07) is 6.88. The predicted molar refractivity (Wildman–Crippen MR) is 106 cm³/mol. The van der Waals surface area contributed by atoms with Crippen molar-refractivity contribution in [2.75, 3.05) is 26.7 Å². The highest BCUT2D eigenvalue weighted by atomic mass is 16.5. The van der Waals surface area contributed by atoms with Gasteiger partial charge in [0, 0.05) is 37.5 Å². The van der Waals surface area contributed by atoms with Crippen molar-refractivity contribution in [3.05, 3.63) is 29.8 Å². The van der Waals surface area contributed by atoms with E-state index >= 15 is 0 Å². The minimum atomic E-state index is -0.324. The van der Waals surface area contributed by atoms with Gasteiger partial charge in [-0.3, -0.25) is 14.4 Å². The Kier molecular flexibility index (Phi) is 6.70. The number of carbonyl (C=O) groups is 3. The molecule has 2 aliphatic rings. The molecule has 1 atom stereocenters. The normalized spacial score (nSPS) is 20.7. The summed E-state index contributed by atoms with van der Waals surface area (Å²) < 4.78 is 5.14. The van der Waals surface area contributed by atoms with E-state index < -0.39 is 0 Å². The van der Waals surface area contributed by atoms with Gasteiger partial charge in [-0.05, 0) is 56.4 Å². The van der Waals surface area contributed by atoms with E-state index in [4.69, 9.17) is 4.74 Å². The molecule has 6 nitrogen and oxygen atoms in total. The van der Waals surface area contributed by atoms with Crippen LogP contribution in [0.25, 0.3) is 0 Å². The van der Waals surface area contributed by atoms with E-state index in [0.717, 1.165) is 25.0 Å². The van der Waals surface area contributed by atoms with Gasteiger partial charge in [-0.25, -0.2) is 0 Å². The van der Waals surface area contributed by atoms with E-state index in [1.165, 1.54) is 0 Å². The van der Waals surface area contributed by atoms with Crippen molar-refractivity contribution in [3.63, 3.8) is 0 Å². The molecule has 3 rings (SSSR count). The van der Waals surface area contributed by atoms with Gasteiger partial charge >= 0.3 is 0 Å². The van der Waals surface area contributed by atoms with Crippen LogP contribution in [0.1, 0.15) is 55.8 Å². The molecule has 152 valence electrons. The number of rotatable bonds is 5. The number of hydrogen-bond acceptors (Lipinski definition) is 4. The maximum atomic E-state index is 13.0. The molecule has 2 amide bonds. The van der Waals surface area contributed by atoms with Crippen molar-refractivity contribution in [2.24, 2.45) is 5.92 Å². The number of methoxy groups -OCH3 is 1. The van der Waals surface area contributed by atoms with Gasteiger partial charge in [-0.2, -0.15) is 0 Å². The molecule has 1 aromatic rings. The van der Waals surface area contributed by atoms with Crippen molar-refractivity contribution in [1.82, 2.24) is 9.80 Å². The average molecular weight is 386 g/mol. The Hall–Kier alpha value is -2.37. The Labute approximate surface area is 166 Å². The van der Waals surface area contributed by atoms with Crippen LogP contribution in [0.3, 0.4) is 0 Å². The summed E-state index contributed by atoms with van der Waals surface area (Å²) in [5.41, 5.74) is 0.692. The zero-order valence-electron chi connectivity index (χ0n) is 16.9. The van der Waals surface area contributed by atoms with Crippen molar-refractivity contribution in [3.8, 4) is 5.75 Å². The van der Waals surface area contributed by atoms with E-state index in [1.807, 2.05) is 11.8 Å². The molecule has 2 heterocycles. The molecule has 1 unspecified atom stereocenters. The van der Waals surface area contributed by atoms with Crippen LogP contribution in [0, 0.1) is 5.92 Å². The third-order valence-electron chi connectivity index (χ3n) is 5.96. The first-order valence-corrected chi connectivity index (χ1v) is 10.3. The van der Waals surface area contributed by atoms with Crippen molar-refractivity contribution in [2.45, 2.75) is 51.5 Å². The lowest BCUT2D eigenvalue weighted by molar-refractivity contribution is -0.148. The van der Waals surface area contributed by atoms with Crippen LogP contribution in [0.2, 0.25) is 0 Å². The standard InChI is InChI=1S/C22H30N2O4/c1-3-20(25)24-13-5-4-6-19(24)22(27)23-14-11-17(12-15-23)21(26)16-7-9-18(28-2)10-8-16/h7-10,17,19H,3-6,11-15H2,1-2H3. The molecule has 0 spiro atoms. The maximum absolute atomic E-state index is 13.0. The second kappa shape index (κ2) is 9.22. The molecule has 0 aliphatic carbocycles. The van der Waals surface area contributed by atoms with E-state index in [9.17, 15) is 14.4 Å². The third-order valence-corrected chi connectivity index (χ3v) is 5.96. The highest BCUT2D eigenvalue weighted by molar-refractivity contribution is 5.98. The van der Waals surface area contributed by atoms with E-state index in [1.54, 1.807) is 36.3 Å². The average Bonchev–Trinajstić information content (AvgIpc) is 2.77. The van der Waals surface area contributed by atoms with Crippen molar-refractivity contribution < 1.29 is 19.1 Å². The zero-order valence-corrected chi connectivity index (χ0v) is 16.9. The van der Waals surface area contributed by atoms with Gasteiger partial charge in [0.15, 0.2) is 5.78 Å². The first-order valence-electron chi connectivity index (χ1n) is 10.3. The number of hydrogen-bond donors (Lipinski definition) is 0. The number of amides is 2. The Morgan fingerprint density at radius 3 is 2.29 bits per heavy atom. The highest BCUT2D eigenvalue weighted by Crippen LogP contribution is 2.26. The lowest BCUT2D eigenvalue weighted by Gasteiger charge is -2.39. The fourth-order valence-corrected chi connectivity index (χ4v) is 4.25. The summed E-state index contributed by atoms with van der Waals surface area (Å²) in [6.45, 7) is 3.68. The van der Waals surface area contributed by atoms with Gasteiger partial charge in [-0.1, -0.05) is 6.92 Å². The topological polar surface area (TPSA) is 66.9 Å². The lowest BCUT2D eigenvalue weighted by atomic mass is 9.88.